The molecule has 2 rings (SSSR count). The molecule has 0 aromatic carbocycles. The van der Waals surface area contributed by atoms with Crippen LogP contribution in [0.2, 0.25) is 0 Å². The molecular formula is C12H15BrN4. The number of alkyl halides is 1. The van der Waals surface area contributed by atoms with Crippen LogP contribution in [0.3, 0.4) is 0 Å². The Morgan fingerprint density at radius 3 is 2.76 bits per heavy atom. The van der Waals surface area contributed by atoms with Crippen molar-refractivity contribution in [3.8, 4) is 0 Å². The molecule has 1 N–H and O–H groups in total. The van der Waals surface area contributed by atoms with Gasteiger partial charge in [-0.25, -0.2) is 9.97 Å². The molecule has 0 aliphatic heterocycles. The Morgan fingerprint density at radius 1 is 1.24 bits per heavy atom. The Kier molecular flexibility index (Phi) is 3.89. The monoisotopic (exact) mass is 294 g/mol. The van der Waals surface area contributed by atoms with Gasteiger partial charge in [-0.15, -0.1) is 0 Å². The highest BCUT2D eigenvalue weighted by Gasteiger charge is 2.07. The molecule has 2 atom stereocenters. The third kappa shape index (κ3) is 3.36. The van der Waals surface area contributed by atoms with E-state index in [1.165, 1.54) is 0 Å². The van der Waals surface area contributed by atoms with Crippen LogP contribution in [0.25, 0.3) is 11.2 Å². The predicted octanol–water partition coefficient (Wildman–Crippen LogP) is 3.00. The number of hydrogen-bond donors (Lipinski definition) is 1. The zero-order valence-corrected chi connectivity index (χ0v) is 11.5. The Morgan fingerprint density at radius 2 is 2.00 bits per heavy atom. The quantitative estimate of drug-likeness (QED) is 0.881. The SMILES string of the molecule is CC(Br)CC(C)Nc1ccc2nccnc2n1. The van der Waals surface area contributed by atoms with E-state index in [-0.39, 0.29) is 0 Å². The van der Waals surface area contributed by atoms with Gasteiger partial charge in [0.15, 0.2) is 5.65 Å². The molecule has 5 heteroatoms. The van der Waals surface area contributed by atoms with Crippen molar-refractivity contribution < 1.29 is 0 Å². The molecule has 0 aliphatic carbocycles. The van der Waals surface area contributed by atoms with Crippen molar-refractivity contribution in [3.63, 3.8) is 0 Å². The molecule has 4 nitrogen and oxygen atoms in total. The average molecular weight is 295 g/mol. The van der Waals surface area contributed by atoms with Gasteiger partial charge >= 0.3 is 0 Å². The summed E-state index contributed by atoms with van der Waals surface area (Å²) in [4.78, 5) is 13.3. The maximum Gasteiger partial charge on any atom is 0.180 e. The first kappa shape index (κ1) is 12.2. The molecule has 0 aliphatic rings. The smallest absolute Gasteiger partial charge is 0.180 e. The number of rotatable bonds is 4. The molecule has 0 saturated carbocycles. The molecule has 90 valence electrons. The minimum Gasteiger partial charge on any atom is -0.368 e. The summed E-state index contributed by atoms with van der Waals surface area (Å²) >= 11 is 3.55. The van der Waals surface area contributed by atoms with Gasteiger partial charge in [0.25, 0.3) is 0 Å². The van der Waals surface area contributed by atoms with Crippen molar-refractivity contribution in [2.45, 2.75) is 31.1 Å². The van der Waals surface area contributed by atoms with Gasteiger partial charge in [-0.05, 0) is 25.5 Å². The van der Waals surface area contributed by atoms with Gasteiger partial charge in [-0.3, -0.25) is 4.98 Å². The fraction of sp³-hybridized carbons (Fsp3) is 0.417. The molecule has 2 aromatic heterocycles. The van der Waals surface area contributed by atoms with Crippen LogP contribution in [0.4, 0.5) is 5.82 Å². The van der Waals surface area contributed by atoms with Crippen molar-refractivity contribution in [2.75, 3.05) is 5.32 Å². The second kappa shape index (κ2) is 5.40. The van der Waals surface area contributed by atoms with Crippen LogP contribution in [-0.4, -0.2) is 25.8 Å². The van der Waals surface area contributed by atoms with E-state index in [0.717, 1.165) is 17.8 Å². The highest BCUT2D eigenvalue weighted by molar-refractivity contribution is 9.09. The summed E-state index contributed by atoms with van der Waals surface area (Å²) < 4.78 is 0. The molecule has 17 heavy (non-hydrogen) atoms. The fourth-order valence-electron chi connectivity index (χ4n) is 1.73. The Balaban J connectivity index is 2.14. The van der Waals surface area contributed by atoms with Gasteiger partial charge < -0.3 is 5.32 Å². The van der Waals surface area contributed by atoms with Gasteiger partial charge in [0.05, 0.1) is 0 Å². The summed E-state index contributed by atoms with van der Waals surface area (Å²) in [6, 6.07) is 4.24. The third-order valence-electron chi connectivity index (χ3n) is 2.40. The summed E-state index contributed by atoms with van der Waals surface area (Å²) in [6.07, 6.45) is 4.37. The van der Waals surface area contributed by atoms with Crippen molar-refractivity contribution in [3.05, 3.63) is 24.5 Å². The Labute approximate surface area is 109 Å². The second-order valence-electron chi connectivity index (χ2n) is 4.16. The average Bonchev–Trinajstić information content (AvgIpc) is 2.27. The maximum atomic E-state index is 4.42. The number of pyridine rings is 1. The summed E-state index contributed by atoms with van der Waals surface area (Å²) in [7, 11) is 0. The zero-order chi connectivity index (χ0) is 12.3. The van der Waals surface area contributed by atoms with Crippen molar-refractivity contribution in [2.24, 2.45) is 0 Å². The highest BCUT2D eigenvalue weighted by Crippen LogP contribution is 2.14. The van der Waals surface area contributed by atoms with Crippen LogP contribution in [0.15, 0.2) is 24.5 Å². The van der Waals surface area contributed by atoms with Crippen molar-refractivity contribution in [1.29, 1.82) is 0 Å². The summed E-state index contributed by atoms with van der Waals surface area (Å²) in [6.45, 7) is 4.28. The lowest BCUT2D eigenvalue weighted by molar-refractivity contribution is 0.705. The first-order valence-electron chi connectivity index (χ1n) is 5.63. The van der Waals surface area contributed by atoms with Gasteiger partial charge in [-0.2, -0.15) is 0 Å². The van der Waals surface area contributed by atoms with Crippen molar-refractivity contribution in [1.82, 2.24) is 15.0 Å². The fourth-order valence-corrected chi connectivity index (χ4v) is 2.29. The van der Waals surface area contributed by atoms with Crippen LogP contribution in [0.1, 0.15) is 20.3 Å². The molecular weight excluding hydrogens is 280 g/mol. The predicted molar refractivity (Wildman–Crippen MR) is 73.4 cm³/mol. The maximum absolute atomic E-state index is 4.42. The Hall–Kier alpha value is -1.23. The number of anilines is 1. The van der Waals surface area contributed by atoms with Crippen LogP contribution >= 0.6 is 15.9 Å². The van der Waals surface area contributed by atoms with E-state index in [1.807, 2.05) is 12.1 Å². The van der Waals surface area contributed by atoms with Gasteiger partial charge in [0.1, 0.15) is 11.3 Å². The van der Waals surface area contributed by atoms with E-state index in [9.17, 15) is 0 Å². The number of hydrogen-bond acceptors (Lipinski definition) is 4. The molecule has 0 amide bonds. The second-order valence-corrected chi connectivity index (χ2v) is 5.72. The largest absolute Gasteiger partial charge is 0.368 e. The molecule has 0 spiro atoms. The highest BCUT2D eigenvalue weighted by atomic mass is 79.9. The molecule has 2 aromatic rings. The van der Waals surface area contributed by atoms with Crippen molar-refractivity contribution >= 4 is 32.9 Å². The Bertz CT molecular complexity index is 501. The lowest BCUT2D eigenvalue weighted by Gasteiger charge is -2.15. The number of nitrogens with one attached hydrogen (secondary N) is 1. The molecule has 0 fully saturated rings. The normalized spacial score (nSPS) is 14.5. The number of fused-ring (bicyclic) bond motifs is 1. The molecule has 0 saturated heterocycles. The first-order valence-corrected chi connectivity index (χ1v) is 6.55. The lowest BCUT2D eigenvalue weighted by Crippen LogP contribution is -2.19. The van der Waals surface area contributed by atoms with Gasteiger partial charge in [0, 0.05) is 23.3 Å². The minimum atomic E-state index is 0.367. The van der Waals surface area contributed by atoms with Crippen LogP contribution < -0.4 is 5.32 Å². The topological polar surface area (TPSA) is 50.7 Å². The number of halogens is 1. The van der Waals surface area contributed by atoms with Crippen LogP contribution in [0.5, 0.6) is 0 Å². The summed E-state index contributed by atoms with van der Waals surface area (Å²) in [5.41, 5.74) is 1.50. The lowest BCUT2D eigenvalue weighted by atomic mass is 10.2. The van der Waals surface area contributed by atoms with E-state index in [4.69, 9.17) is 0 Å². The zero-order valence-electron chi connectivity index (χ0n) is 9.89. The van der Waals surface area contributed by atoms with Gasteiger partial charge in [0.2, 0.25) is 0 Å². The van der Waals surface area contributed by atoms with Gasteiger partial charge in [-0.1, -0.05) is 22.9 Å². The molecule has 2 heterocycles. The number of aromatic nitrogens is 3. The first-order chi connectivity index (χ1) is 8.15. The molecule has 0 radical (unpaired) electrons. The van der Waals surface area contributed by atoms with E-state index >= 15 is 0 Å². The number of nitrogens with zero attached hydrogens (tertiary/aromatic N) is 3. The molecule has 0 bridgehead atoms. The van der Waals surface area contributed by atoms with E-state index in [2.05, 4.69) is 50.0 Å². The van der Waals surface area contributed by atoms with E-state index < -0.39 is 0 Å². The van der Waals surface area contributed by atoms with E-state index in [0.29, 0.717) is 16.5 Å². The van der Waals surface area contributed by atoms with Crippen LogP contribution in [-0.2, 0) is 0 Å². The summed E-state index contributed by atoms with van der Waals surface area (Å²) in [5.74, 6) is 0.846. The van der Waals surface area contributed by atoms with E-state index in [1.54, 1.807) is 12.4 Å². The minimum absolute atomic E-state index is 0.367. The third-order valence-corrected chi connectivity index (χ3v) is 2.78. The molecule has 2 unspecified atom stereocenters. The standard InChI is InChI=1S/C12H15BrN4/c1-8(13)7-9(2)16-11-4-3-10-12(17-11)15-6-5-14-10/h3-6,8-9H,7H2,1-2H3,(H,15,16,17). The van der Waals surface area contributed by atoms with Crippen LogP contribution in [0, 0.1) is 0 Å². The summed E-state index contributed by atoms with van der Waals surface area (Å²) in [5, 5.41) is 3.36.